The quantitative estimate of drug-likeness (QED) is 0.726. The number of halogens is 3. The monoisotopic (exact) mass is 387 g/mol. The summed E-state index contributed by atoms with van der Waals surface area (Å²) in [7, 11) is -3.77. The van der Waals surface area contributed by atoms with E-state index in [1.165, 1.54) is 12.1 Å². The third kappa shape index (κ3) is 6.91. The van der Waals surface area contributed by atoms with Crippen molar-refractivity contribution in [1.82, 2.24) is 14.9 Å². The number of hydrogen-bond donors (Lipinski definition) is 2. The van der Waals surface area contributed by atoms with Crippen molar-refractivity contribution in [2.45, 2.75) is 18.2 Å². The molecule has 0 aliphatic carbocycles. The van der Waals surface area contributed by atoms with Crippen molar-refractivity contribution in [3.05, 3.63) is 29.6 Å². The van der Waals surface area contributed by atoms with Crippen LogP contribution in [0.1, 0.15) is 12.0 Å². The third-order valence-corrected chi connectivity index (χ3v) is 5.01. The molecule has 0 radical (unpaired) electrons. The summed E-state index contributed by atoms with van der Waals surface area (Å²) in [6.45, 7) is 6.82. The molecule has 5 nitrogen and oxygen atoms in total. The topological polar surface area (TPSA) is 61.4 Å². The molecule has 0 unspecified atom stereocenters. The lowest BCUT2D eigenvalue weighted by Crippen LogP contribution is -2.44. The van der Waals surface area contributed by atoms with Crippen LogP contribution in [0, 0.1) is 12.7 Å². The molecule has 1 aliphatic rings. The van der Waals surface area contributed by atoms with Crippen molar-refractivity contribution in [3.8, 4) is 0 Å². The number of nitrogens with zero attached hydrogens (tertiary/aromatic N) is 1. The van der Waals surface area contributed by atoms with Gasteiger partial charge in [-0.3, -0.25) is 0 Å². The Bertz CT molecular complexity index is 581. The van der Waals surface area contributed by atoms with E-state index < -0.39 is 15.8 Å². The molecule has 1 aromatic carbocycles. The molecule has 0 aromatic heterocycles. The Hall–Kier alpha value is -0.440. The second-order valence-electron chi connectivity index (χ2n) is 5.28. The molecule has 1 aromatic rings. The Morgan fingerprint density at radius 1 is 1.26 bits per heavy atom. The number of piperazine rings is 1. The van der Waals surface area contributed by atoms with Crippen LogP contribution < -0.4 is 10.0 Å². The average molecular weight is 388 g/mol. The summed E-state index contributed by atoms with van der Waals surface area (Å²) in [4.78, 5) is 2.02. The Balaban J connectivity index is 0.00000242. The summed E-state index contributed by atoms with van der Waals surface area (Å²) in [5, 5.41) is 3.27. The van der Waals surface area contributed by atoms with Crippen molar-refractivity contribution in [2.75, 3.05) is 39.3 Å². The second kappa shape index (κ2) is 10.4. The molecule has 134 valence electrons. The van der Waals surface area contributed by atoms with Gasteiger partial charge in [-0.2, -0.15) is 0 Å². The fourth-order valence-electron chi connectivity index (χ4n) is 2.34. The zero-order chi connectivity index (χ0) is 15.3. The van der Waals surface area contributed by atoms with Crippen LogP contribution in [-0.2, 0) is 10.0 Å². The fourth-order valence-corrected chi connectivity index (χ4v) is 3.57. The van der Waals surface area contributed by atoms with Gasteiger partial charge in [-0.25, -0.2) is 17.5 Å². The van der Waals surface area contributed by atoms with Crippen molar-refractivity contribution in [1.29, 1.82) is 0 Å². The molecule has 1 saturated heterocycles. The average Bonchev–Trinajstić information content (AvgIpc) is 2.47. The summed E-state index contributed by atoms with van der Waals surface area (Å²) >= 11 is 0. The molecule has 1 aliphatic heterocycles. The molecular weight excluding hydrogens is 364 g/mol. The van der Waals surface area contributed by atoms with Crippen LogP contribution in [0.4, 0.5) is 4.39 Å². The number of aryl methyl sites for hydroxylation is 1. The maximum absolute atomic E-state index is 13.6. The summed E-state index contributed by atoms with van der Waals surface area (Å²) in [6, 6.07) is 4.09. The molecule has 9 heteroatoms. The third-order valence-electron chi connectivity index (χ3n) is 3.53. The Morgan fingerprint density at radius 2 is 1.91 bits per heavy atom. The largest absolute Gasteiger partial charge is 0.314 e. The molecule has 0 spiro atoms. The number of sulfonamides is 1. The minimum atomic E-state index is -3.77. The maximum Gasteiger partial charge on any atom is 0.243 e. The zero-order valence-corrected chi connectivity index (χ0v) is 15.5. The fraction of sp³-hybridized carbons (Fsp3) is 0.571. The molecule has 23 heavy (non-hydrogen) atoms. The molecule has 2 N–H and O–H groups in total. The van der Waals surface area contributed by atoms with Gasteiger partial charge in [0.05, 0.1) is 0 Å². The van der Waals surface area contributed by atoms with Gasteiger partial charge >= 0.3 is 0 Å². The zero-order valence-electron chi connectivity index (χ0n) is 13.0. The SMILES string of the molecule is Cc1ccc(F)c(S(=O)(=O)NCCCN2CCNCC2)c1.Cl.Cl. The predicted molar refractivity (Wildman–Crippen MR) is 94.7 cm³/mol. The van der Waals surface area contributed by atoms with Crippen LogP contribution in [-0.4, -0.2) is 52.6 Å². The van der Waals surface area contributed by atoms with Crippen LogP contribution in [0.2, 0.25) is 0 Å². The van der Waals surface area contributed by atoms with Gasteiger partial charge in [0, 0.05) is 32.7 Å². The Morgan fingerprint density at radius 3 is 2.57 bits per heavy atom. The van der Waals surface area contributed by atoms with Gasteiger partial charge < -0.3 is 10.2 Å². The summed E-state index contributed by atoms with van der Waals surface area (Å²) in [5.74, 6) is -0.713. The smallest absolute Gasteiger partial charge is 0.243 e. The van der Waals surface area contributed by atoms with Crippen LogP contribution in [0.3, 0.4) is 0 Å². The first kappa shape index (κ1) is 22.6. The van der Waals surface area contributed by atoms with Gasteiger partial charge in [-0.05, 0) is 37.6 Å². The van der Waals surface area contributed by atoms with Crippen LogP contribution in [0.5, 0.6) is 0 Å². The Kier molecular flexibility index (Phi) is 10.2. The van der Waals surface area contributed by atoms with Crippen LogP contribution in [0.15, 0.2) is 23.1 Å². The van der Waals surface area contributed by atoms with E-state index >= 15 is 0 Å². The van der Waals surface area contributed by atoms with E-state index in [0.29, 0.717) is 13.0 Å². The molecule has 1 fully saturated rings. The van der Waals surface area contributed by atoms with E-state index in [1.54, 1.807) is 13.0 Å². The minimum absolute atomic E-state index is 0. The number of rotatable bonds is 6. The van der Waals surface area contributed by atoms with Gasteiger partial charge in [0.2, 0.25) is 10.0 Å². The number of nitrogens with one attached hydrogen (secondary N) is 2. The lowest BCUT2D eigenvalue weighted by Gasteiger charge is -2.27. The van der Waals surface area contributed by atoms with Crippen molar-refractivity contribution in [2.24, 2.45) is 0 Å². The van der Waals surface area contributed by atoms with E-state index in [-0.39, 0.29) is 29.7 Å². The number of hydrogen-bond acceptors (Lipinski definition) is 4. The lowest BCUT2D eigenvalue weighted by molar-refractivity contribution is 0.239. The first-order valence-electron chi connectivity index (χ1n) is 7.18. The highest BCUT2D eigenvalue weighted by atomic mass is 35.5. The van der Waals surface area contributed by atoms with Crippen molar-refractivity contribution in [3.63, 3.8) is 0 Å². The van der Waals surface area contributed by atoms with Gasteiger partial charge in [-0.15, -0.1) is 24.8 Å². The highest BCUT2D eigenvalue weighted by Crippen LogP contribution is 2.15. The molecule has 2 rings (SSSR count). The highest BCUT2D eigenvalue weighted by Gasteiger charge is 2.18. The molecule has 0 saturated carbocycles. The molecule has 1 heterocycles. The van der Waals surface area contributed by atoms with Crippen molar-refractivity contribution < 1.29 is 12.8 Å². The van der Waals surface area contributed by atoms with E-state index in [1.807, 2.05) is 0 Å². The van der Waals surface area contributed by atoms with Crippen molar-refractivity contribution >= 4 is 34.8 Å². The molecule has 0 atom stereocenters. The first-order valence-corrected chi connectivity index (χ1v) is 8.66. The maximum atomic E-state index is 13.6. The van der Waals surface area contributed by atoms with E-state index in [4.69, 9.17) is 0 Å². The first-order chi connectivity index (χ1) is 9.99. The van der Waals surface area contributed by atoms with Gasteiger partial charge in [0.25, 0.3) is 0 Å². The second-order valence-corrected chi connectivity index (χ2v) is 7.01. The lowest BCUT2D eigenvalue weighted by atomic mass is 10.2. The summed E-state index contributed by atoms with van der Waals surface area (Å²) in [6.07, 6.45) is 0.715. The van der Waals surface area contributed by atoms with E-state index in [2.05, 4.69) is 14.9 Å². The van der Waals surface area contributed by atoms with Gasteiger partial charge in [0.15, 0.2) is 0 Å². The highest BCUT2D eigenvalue weighted by molar-refractivity contribution is 7.89. The standard InChI is InChI=1S/C14H22FN3O2S.2ClH/c1-12-3-4-13(15)14(11-12)21(19,20)17-5-2-8-18-9-6-16-7-10-18;;/h3-4,11,16-17H,2,5-10H2,1H3;2*1H. The number of benzene rings is 1. The van der Waals surface area contributed by atoms with Crippen LogP contribution >= 0.6 is 24.8 Å². The normalized spacial score (nSPS) is 15.6. The summed E-state index contributed by atoms with van der Waals surface area (Å²) < 4.78 is 40.3. The summed E-state index contributed by atoms with van der Waals surface area (Å²) in [5.41, 5.74) is 0.720. The Labute approximate surface area is 149 Å². The molecule has 0 amide bonds. The van der Waals surface area contributed by atoms with Gasteiger partial charge in [-0.1, -0.05) is 6.07 Å². The minimum Gasteiger partial charge on any atom is -0.314 e. The van der Waals surface area contributed by atoms with Gasteiger partial charge in [0.1, 0.15) is 10.7 Å². The predicted octanol–water partition coefficient (Wildman–Crippen LogP) is 1.55. The molecule has 0 bridgehead atoms. The van der Waals surface area contributed by atoms with Crippen LogP contribution in [0.25, 0.3) is 0 Å². The molecular formula is C14H24Cl2FN3O2S. The van der Waals surface area contributed by atoms with E-state index in [0.717, 1.165) is 38.3 Å². The van der Waals surface area contributed by atoms with E-state index in [9.17, 15) is 12.8 Å².